The molecule has 1 aliphatic heterocycles. The van der Waals surface area contributed by atoms with Crippen molar-refractivity contribution in [3.05, 3.63) is 34.9 Å². The molecule has 0 radical (unpaired) electrons. The van der Waals surface area contributed by atoms with Gasteiger partial charge in [0.25, 0.3) is 5.91 Å². The zero-order valence-corrected chi connectivity index (χ0v) is 11.3. The van der Waals surface area contributed by atoms with E-state index in [1.54, 1.807) is 0 Å². The van der Waals surface area contributed by atoms with Gasteiger partial charge in [-0.15, -0.1) is 0 Å². The molecule has 1 aromatic rings. The highest BCUT2D eigenvalue weighted by Gasteiger charge is 2.14. The third-order valence-electron chi connectivity index (χ3n) is 3.79. The maximum Gasteiger partial charge on any atom is 0.251 e. The Morgan fingerprint density at radius 1 is 1.44 bits per heavy atom. The summed E-state index contributed by atoms with van der Waals surface area (Å²) >= 11 is 0. The zero-order valence-electron chi connectivity index (χ0n) is 11.3. The summed E-state index contributed by atoms with van der Waals surface area (Å²) in [5.74, 6) is 0.0502. The van der Waals surface area contributed by atoms with E-state index in [1.807, 2.05) is 32.0 Å². The normalized spacial score (nSPS) is 18.9. The van der Waals surface area contributed by atoms with Crippen LogP contribution in [0.4, 0.5) is 0 Å². The van der Waals surface area contributed by atoms with Gasteiger partial charge in [0.05, 0.1) is 0 Å². The zero-order chi connectivity index (χ0) is 13.0. The van der Waals surface area contributed by atoms with Gasteiger partial charge in [0.2, 0.25) is 0 Å². The van der Waals surface area contributed by atoms with Crippen LogP contribution in [0.3, 0.4) is 0 Å². The average Bonchev–Trinajstić information content (AvgIpc) is 2.85. The molecule has 3 nitrogen and oxygen atoms in total. The summed E-state index contributed by atoms with van der Waals surface area (Å²) in [4.78, 5) is 12.1. The summed E-state index contributed by atoms with van der Waals surface area (Å²) in [6, 6.07) is 6.46. The molecule has 0 spiro atoms. The number of hydrogen-bond acceptors (Lipinski definition) is 2. The number of carbonyl (C=O) groups is 1. The van der Waals surface area contributed by atoms with Crippen molar-refractivity contribution >= 4 is 5.91 Å². The smallest absolute Gasteiger partial charge is 0.251 e. The second-order valence-electron chi connectivity index (χ2n) is 5.09. The van der Waals surface area contributed by atoms with E-state index in [4.69, 9.17) is 0 Å². The minimum atomic E-state index is 0.0502. The first kappa shape index (κ1) is 13.1. The monoisotopic (exact) mass is 246 g/mol. The van der Waals surface area contributed by atoms with E-state index in [-0.39, 0.29) is 5.91 Å². The van der Waals surface area contributed by atoms with Crippen molar-refractivity contribution in [1.29, 1.82) is 0 Å². The van der Waals surface area contributed by atoms with Crippen LogP contribution >= 0.6 is 0 Å². The van der Waals surface area contributed by atoms with Gasteiger partial charge in [-0.3, -0.25) is 4.79 Å². The molecule has 1 saturated heterocycles. The summed E-state index contributed by atoms with van der Waals surface area (Å²) < 4.78 is 0. The molecule has 1 atom stereocenters. The minimum Gasteiger partial charge on any atom is -0.352 e. The van der Waals surface area contributed by atoms with Gasteiger partial charge in [-0.2, -0.15) is 0 Å². The van der Waals surface area contributed by atoms with Crippen molar-refractivity contribution in [2.75, 3.05) is 13.1 Å². The second-order valence-corrected chi connectivity index (χ2v) is 5.09. The molecule has 0 bridgehead atoms. The predicted octanol–water partition coefficient (Wildman–Crippen LogP) is 2.18. The molecule has 1 aromatic carbocycles. The molecular weight excluding hydrogens is 224 g/mol. The van der Waals surface area contributed by atoms with Crippen molar-refractivity contribution in [2.45, 2.75) is 39.2 Å². The SMILES string of the molecule is Cc1cccc(C(=O)NCC[C@@H]2CCCN2)c1C. The largest absolute Gasteiger partial charge is 0.352 e. The molecule has 18 heavy (non-hydrogen) atoms. The van der Waals surface area contributed by atoms with Crippen LogP contribution in [0.2, 0.25) is 0 Å². The first-order valence-corrected chi connectivity index (χ1v) is 6.76. The molecule has 0 unspecified atom stereocenters. The molecular formula is C15H22N2O. The van der Waals surface area contributed by atoms with Crippen molar-refractivity contribution in [3.8, 4) is 0 Å². The van der Waals surface area contributed by atoms with Gasteiger partial charge >= 0.3 is 0 Å². The fraction of sp³-hybridized carbons (Fsp3) is 0.533. The van der Waals surface area contributed by atoms with Crippen molar-refractivity contribution in [3.63, 3.8) is 0 Å². The summed E-state index contributed by atoms with van der Waals surface area (Å²) in [5.41, 5.74) is 3.04. The Labute approximate surface area is 109 Å². The standard InChI is InChI=1S/C15H22N2O/c1-11-5-3-7-14(12(11)2)15(18)17-10-8-13-6-4-9-16-13/h3,5,7,13,16H,4,6,8-10H2,1-2H3,(H,17,18)/t13-/m0/s1. The molecule has 2 N–H and O–H groups in total. The maximum absolute atomic E-state index is 12.1. The van der Waals surface area contributed by atoms with E-state index >= 15 is 0 Å². The van der Waals surface area contributed by atoms with Crippen LogP contribution in [0.15, 0.2) is 18.2 Å². The molecule has 3 heteroatoms. The predicted molar refractivity (Wildman–Crippen MR) is 73.9 cm³/mol. The van der Waals surface area contributed by atoms with E-state index in [0.717, 1.165) is 30.6 Å². The number of amides is 1. The number of aryl methyl sites for hydroxylation is 1. The summed E-state index contributed by atoms with van der Waals surface area (Å²) in [7, 11) is 0. The minimum absolute atomic E-state index is 0.0502. The third kappa shape index (κ3) is 3.10. The van der Waals surface area contributed by atoms with Gasteiger partial charge in [0.15, 0.2) is 0 Å². The van der Waals surface area contributed by atoms with E-state index in [1.165, 1.54) is 18.4 Å². The third-order valence-corrected chi connectivity index (χ3v) is 3.79. The lowest BCUT2D eigenvalue weighted by Gasteiger charge is -2.12. The molecule has 2 rings (SSSR count). The molecule has 1 amide bonds. The molecule has 0 aromatic heterocycles. The van der Waals surface area contributed by atoms with Crippen LogP contribution < -0.4 is 10.6 Å². The average molecular weight is 246 g/mol. The Morgan fingerprint density at radius 2 is 2.28 bits per heavy atom. The Hall–Kier alpha value is -1.35. The topological polar surface area (TPSA) is 41.1 Å². The Balaban J connectivity index is 1.85. The molecule has 0 aliphatic carbocycles. The van der Waals surface area contributed by atoms with Gasteiger partial charge in [0.1, 0.15) is 0 Å². The van der Waals surface area contributed by atoms with E-state index in [0.29, 0.717) is 6.04 Å². The van der Waals surface area contributed by atoms with E-state index < -0.39 is 0 Å². The molecule has 1 heterocycles. The molecule has 1 aliphatic rings. The van der Waals surface area contributed by atoms with Gasteiger partial charge in [0, 0.05) is 18.2 Å². The summed E-state index contributed by atoms with van der Waals surface area (Å²) in [6.45, 7) is 5.91. The first-order valence-electron chi connectivity index (χ1n) is 6.76. The Kier molecular flexibility index (Phi) is 4.37. The van der Waals surface area contributed by atoms with Crippen LogP contribution in [-0.2, 0) is 0 Å². The van der Waals surface area contributed by atoms with Crippen molar-refractivity contribution in [1.82, 2.24) is 10.6 Å². The quantitative estimate of drug-likeness (QED) is 0.855. The fourth-order valence-electron chi connectivity index (χ4n) is 2.46. The van der Waals surface area contributed by atoms with Crippen LogP contribution in [0.25, 0.3) is 0 Å². The van der Waals surface area contributed by atoms with Crippen molar-refractivity contribution in [2.24, 2.45) is 0 Å². The lowest BCUT2D eigenvalue weighted by molar-refractivity contribution is 0.0951. The van der Waals surface area contributed by atoms with Gasteiger partial charge < -0.3 is 10.6 Å². The fourth-order valence-corrected chi connectivity index (χ4v) is 2.46. The number of rotatable bonds is 4. The summed E-state index contributed by atoms with van der Waals surface area (Å²) in [5, 5.41) is 6.45. The number of nitrogens with one attached hydrogen (secondary N) is 2. The van der Waals surface area contributed by atoms with Crippen LogP contribution in [0, 0.1) is 13.8 Å². The van der Waals surface area contributed by atoms with Crippen LogP contribution in [-0.4, -0.2) is 25.0 Å². The molecule has 98 valence electrons. The second kappa shape index (κ2) is 6.01. The number of carbonyl (C=O) groups excluding carboxylic acids is 1. The maximum atomic E-state index is 12.1. The van der Waals surface area contributed by atoms with E-state index in [2.05, 4.69) is 10.6 Å². The molecule has 0 saturated carbocycles. The lowest BCUT2D eigenvalue weighted by Crippen LogP contribution is -2.31. The number of benzene rings is 1. The first-order chi connectivity index (χ1) is 8.68. The highest BCUT2D eigenvalue weighted by molar-refractivity contribution is 5.95. The Bertz CT molecular complexity index is 423. The highest BCUT2D eigenvalue weighted by atomic mass is 16.1. The lowest BCUT2D eigenvalue weighted by atomic mass is 10.0. The Morgan fingerprint density at radius 3 is 3.00 bits per heavy atom. The number of hydrogen-bond donors (Lipinski definition) is 2. The highest BCUT2D eigenvalue weighted by Crippen LogP contribution is 2.12. The van der Waals surface area contributed by atoms with Crippen LogP contribution in [0.1, 0.15) is 40.7 Å². The van der Waals surface area contributed by atoms with Gasteiger partial charge in [-0.25, -0.2) is 0 Å². The van der Waals surface area contributed by atoms with Gasteiger partial charge in [-0.05, 0) is 56.8 Å². The van der Waals surface area contributed by atoms with Crippen molar-refractivity contribution < 1.29 is 4.79 Å². The van der Waals surface area contributed by atoms with Gasteiger partial charge in [-0.1, -0.05) is 12.1 Å². The van der Waals surface area contributed by atoms with E-state index in [9.17, 15) is 4.79 Å². The van der Waals surface area contributed by atoms with Crippen LogP contribution in [0.5, 0.6) is 0 Å². The molecule has 1 fully saturated rings. The summed E-state index contributed by atoms with van der Waals surface area (Å²) in [6.07, 6.45) is 3.52.